The number of rotatable bonds is 6. The van der Waals surface area contributed by atoms with Gasteiger partial charge in [-0.1, -0.05) is 0 Å². The second-order valence-corrected chi connectivity index (χ2v) is 6.66. The molecule has 3 N–H and O–H groups in total. The second kappa shape index (κ2) is 8.98. The van der Waals surface area contributed by atoms with Gasteiger partial charge in [0.05, 0.1) is 17.6 Å². The summed E-state index contributed by atoms with van der Waals surface area (Å²) in [5.41, 5.74) is -0.300. The average Bonchev–Trinajstić information content (AvgIpc) is 3.08. The highest BCUT2D eigenvalue weighted by Crippen LogP contribution is 2.27. The van der Waals surface area contributed by atoms with Crippen LogP contribution in [-0.2, 0) is 9.47 Å². The summed E-state index contributed by atoms with van der Waals surface area (Å²) in [6, 6.07) is 6.88. The van der Waals surface area contributed by atoms with E-state index in [2.05, 4.69) is 10.3 Å². The topological polar surface area (TPSA) is 166 Å². The van der Waals surface area contributed by atoms with Crippen molar-refractivity contribution in [1.82, 2.24) is 9.55 Å². The van der Waals surface area contributed by atoms with E-state index in [1.807, 2.05) is 0 Å². The molecule has 4 atom stereocenters. The van der Waals surface area contributed by atoms with Crippen LogP contribution in [0.5, 0.6) is 0 Å². The molecule has 0 spiro atoms. The third-order valence-corrected chi connectivity index (χ3v) is 4.56. The number of nitro groups is 1. The Morgan fingerprint density at radius 3 is 2.70 bits per heavy atom. The maximum atomic E-state index is 12.2. The summed E-state index contributed by atoms with van der Waals surface area (Å²) in [6.45, 7) is 1.30. The molecule has 0 aliphatic carbocycles. The number of anilines is 1. The van der Waals surface area contributed by atoms with E-state index < -0.39 is 41.2 Å². The van der Waals surface area contributed by atoms with Crippen molar-refractivity contribution in [2.75, 3.05) is 11.9 Å². The molecule has 0 bridgehead atoms. The zero-order valence-corrected chi connectivity index (χ0v) is 15.9. The maximum absolute atomic E-state index is 12.2. The van der Waals surface area contributed by atoms with Crippen molar-refractivity contribution in [2.45, 2.75) is 37.9 Å². The van der Waals surface area contributed by atoms with Gasteiger partial charge in [-0.25, -0.2) is 9.59 Å². The molecule has 1 aliphatic rings. The number of aromatic nitrogens is 2. The number of benzene rings is 1. The molecule has 2 heterocycles. The minimum atomic E-state index is -0.981. The van der Waals surface area contributed by atoms with Gasteiger partial charge in [-0.05, 0) is 30.7 Å². The molecule has 160 valence electrons. The number of nitro benzene ring substituents is 1. The van der Waals surface area contributed by atoms with Gasteiger partial charge in [0.15, 0.2) is 6.23 Å². The van der Waals surface area contributed by atoms with Gasteiger partial charge in [0.1, 0.15) is 18.0 Å². The molecule has 1 saturated heterocycles. The lowest BCUT2D eigenvalue weighted by atomic mass is 10.1. The molecule has 2 unspecified atom stereocenters. The van der Waals surface area contributed by atoms with Crippen LogP contribution in [0, 0.1) is 10.1 Å². The number of aliphatic hydroxyl groups excluding tert-OH is 2. The number of carbonyl (C=O) groups excluding carboxylic acids is 1. The minimum absolute atomic E-state index is 0.0663. The standard InChI is InChI=1S/C18H20N4O8/c1-10(11-2-4-12(5-3-11)22(27)28)29-18(26)20-15-6-7-21(17(25)19-15)16-14(24)8-13(9-23)30-16/h2-7,10,13-14,16,23-24H,8-9H2,1H3,(H,19,20,25,26)/t10?,13-,14?,16+/m0/s1. The first-order valence-corrected chi connectivity index (χ1v) is 9.04. The molecular weight excluding hydrogens is 400 g/mol. The normalized spacial score (nSPS) is 21.8. The number of nitrogens with one attached hydrogen (secondary N) is 1. The van der Waals surface area contributed by atoms with Crippen molar-refractivity contribution < 1.29 is 29.4 Å². The van der Waals surface area contributed by atoms with Crippen LogP contribution < -0.4 is 11.0 Å². The Hall–Kier alpha value is -3.35. The predicted molar refractivity (Wildman–Crippen MR) is 102 cm³/mol. The molecule has 0 radical (unpaired) electrons. The number of ether oxygens (including phenoxy) is 2. The lowest BCUT2D eigenvalue weighted by Crippen LogP contribution is -2.32. The number of amides is 1. The molecular formula is C18H20N4O8. The molecule has 1 aromatic heterocycles. The summed E-state index contributed by atoms with van der Waals surface area (Å²) in [7, 11) is 0. The van der Waals surface area contributed by atoms with Crippen molar-refractivity contribution in [3.05, 3.63) is 62.7 Å². The van der Waals surface area contributed by atoms with Gasteiger partial charge in [0.25, 0.3) is 5.69 Å². The van der Waals surface area contributed by atoms with Crippen LogP contribution in [0.1, 0.15) is 31.2 Å². The summed E-state index contributed by atoms with van der Waals surface area (Å²) >= 11 is 0. The van der Waals surface area contributed by atoms with Crippen LogP contribution >= 0.6 is 0 Å². The third-order valence-electron chi connectivity index (χ3n) is 4.56. The first kappa shape index (κ1) is 21.4. The van der Waals surface area contributed by atoms with Gasteiger partial charge in [0.2, 0.25) is 0 Å². The number of non-ortho nitro benzene ring substituents is 1. The highest BCUT2D eigenvalue weighted by atomic mass is 16.6. The molecule has 2 aromatic rings. The third kappa shape index (κ3) is 4.79. The van der Waals surface area contributed by atoms with E-state index >= 15 is 0 Å². The van der Waals surface area contributed by atoms with Gasteiger partial charge >= 0.3 is 11.8 Å². The monoisotopic (exact) mass is 420 g/mol. The zero-order chi connectivity index (χ0) is 21.8. The first-order valence-electron chi connectivity index (χ1n) is 9.04. The molecule has 1 aromatic carbocycles. The Labute approximate surface area is 169 Å². The highest BCUT2D eigenvalue weighted by molar-refractivity contribution is 5.83. The molecule has 0 saturated carbocycles. The molecule has 12 heteroatoms. The van der Waals surface area contributed by atoms with Crippen molar-refractivity contribution in [3.63, 3.8) is 0 Å². The zero-order valence-electron chi connectivity index (χ0n) is 15.9. The Balaban J connectivity index is 1.62. The quantitative estimate of drug-likeness (QED) is 0.458. The lowest BCUT2D eigenvalue weighted by molar-refractivity contribution is -0.384. The van der Waals surface area contributed by atoms with E-state index in [0.29, 0.717) is 5.56 Å². The fourth-order valence-corrected chi connectivity index (χ4v) is 3.00. The van der Waals surface area contributed by atoms with Crippen LogP contribution in [0.25, 0.3) is 0 Å². The van der Waals surface area contributed by atoms with E-state index in [4.69, 9.17) is 14.6 Å². The molecule has 3 rings (SSSR count). The molecule has 1 fully saturated rings. The van der Waals surface area contributed by atoms with Crippen LogP contribution in [0.15, 0.2) is 41.3 Å². The predicted octanol–water partition coefficient (Wildman–Crippen LogP) is 1.10. The summed E-state index contributed by atoms with van der Waals surface area (Å²) in [5, 5.41) is 32.1. The van der Waals surface area contributed by atoms with E-state index in [9.17, 15) is 24.8 Å². The average molecular weight is 420 g/mol. The van der Waals surface area contributed by atoms with Crippen LogP contribution in [-0.4, -0.2) is 49.6 Å². The van der Waals surface area contributed by atoms with Crippen molar-refractivity contribution in [3.8, 4) is 0 Å². The Morgan fingerprint density at radius 1 is 1.43 bits per heavy atom. The SMILES string of the molecule is CC(OC(=O)Nc1ccn([C@@H]2O[C@H](CO)CC2O)c(=O)n1)c1ccc([N+](=O)[O-])cc1. The number of carbonyl (C=O) groups is 1. The summed E-state index contributed by atoms with van der Waals surface area (Å²) < 4.78 is 11.7. The van der Waals surface area contributed by atoms with Crippen LogP contribution in [0.2, 0.25) is 0 Å². The highest BCUT2D eigenvalue weighted by Gasteiger charge is 2.35. The van der Waals surface area contributed by atoms with E-state index in [1.54, 1.807) is 6.92 Å². The molecule has 12 nitrogen and oxygen atoms in total. The van der Waals surface area contributed by atoms with Gasteiger partial charge in [-0.2, -0.15) is 4.98 Å². The summed E-state index contributed by atoms with van der Waals surface area (Å²) in [5.74, 6) is -0.0663. The number of hydrogen-bond donors (Lipinski definition) is 3. The molecule has 30 heavy (non-hydrogen) atoms. The number of hydrogen-bond acceptors (Lipinski definition) is 9. The molecule has 1 amide bonds. The Bertz CT molecular complexity index is 977. The van der Waals surface area contributed by atoms with Gasteiger partial charge in [-0.3, -0.25) is 20.0 Å². The fraction of sp³-hybridized carbons (Fsp3) is 0.389. The van der Waals surface area contributed by atoms with Crippen LogP contribution in [0.3, 0.4) is 0 Å². The van der Waals surface area contributed by atoms with Gasteiger partial charge in [0, 0.05) is 24.8 Å². The van der Waals surface area contributed by atoms with E-state index in [1.165, 1.54) is 36.5 Å². The second-order valence-electron chi connectivity index (χ2n) is 6.66. The maximum Gasteiger partial charge on any atom is 0.413 e. The van der Waals surface area contributed by atoms with Crippen LogP contribution in [0.4, 0.5) is 16.3 Å². The number of nitrogens with zero attached hydrogens (tertiary/aromatic N) is 3. The van der Waals surface area contributed by atoms with E-state index in [0.717, 1.165) is 4.57 Å². The fourth-order valence-electron chi connectivity index (χ4n) is 3.00. The summed E-state index contributed by atoms with van der Waals surface area (Å²) in [4.78, 5) is 38.2. The van der Waals surface area contributed by atoms with Gasteiger partial charge in [-0.15, -0.1) is 0 Å². The first-order chi connectivity index (χ1) is 14.3. The number of aliphatic hydroxyl groups is 2. The van der Waals surface area contributed by atoms with Crippen molar-refractivity contribution in [1.29, 1.82) is 0 Å². The van der Waals surface area contributed by atoms with Crippen molar-refractivity contribution in [2.24, 2.45) is 0 Å². The Kier molecular flexibility index (Phi) is 6.40. The molecule has 1 aliphatic heterocycles. The smallest absolute Gasteiger partial charge is 0.413 e. The van der Waals surface area contributed by atoms with Gasteiger partial charge < -0.3 is 19.7 Å². The lowest BCUT2D eigenvalue weighted by Gasteiger charge is -2.17. The Morgan fingerprint density at radius 2 is 2.13 bits per heavy atom. The largest absolute Gasteiger partial charge is 0.441 e. The van der Waals surface area contributed by atoms with E-state index in [-0.39, 0.29) is 24.5 Å². The minimum Gasteiger partial charge on any atom is -0.441 e. The van der Waals surface area contributed by atoms with Crippen molar-refractivity contribution >= 4 is 17.6 Å². The summed E-state index contributed by atoms with van der Waals surface area (Å²) in [6.07, 6.45) is -2.63.